The van der Waals surface area contributed by atoms with E-state index in [1.54, 1.807) is 14.0 Å². The summed E-state index contributed by atoms with van der Waals surface area (Å²) >= 11 is 0. The molecular weight excluding hydrogens is 472 g/mol. The standard InChI is InChI=1S/C30H38O7/c1-4-33-26(31)18-25-21(2)12-11-17-24-27(36-25)28(34-19-22-13-7-5-8-14-22)29(30(32-3)37-24)35-20-23-15-9-6-10-16-23/h5-10,13-16,24-25,27-30H,2,4,11-12,17-20H2,1,3H3/t24-,25-,27-,28+,29-,30+/m1/s1. The Bertz CT molecular complexity index is 980. The number of fused-ring (bicyclic) bond motifs is 1. The van der Waals surface area contributed by atoms with Gasteiger partial charge in [0.25, 0.3) is 0 Å². The number of hydrogen-bond acceptors (Lipinski definition) is 7. The van der Waals surface area contributed by atoms with Gasteiger partial charge in [-0.2, -0.15) is 0 Å². The Morgan fingerprint density at radius 2 is 1.57 bits per heavy atom. The van der Waals surface area contributed by atoms with Crippen molar-refractivity contribution >= 4 is 5.97 Å². The molecule has 4 rings (SSSR count). The zero-order valence-corrected chi connectivity index (χ0v) is 21.8. The minimum absolute atomic E-state index is 0.102. The van der Waals surface area contributed by atoms with E-state index in [0.717, 1.165) is 36.0 Å². The van der Waals surface area contributed by atoms with Gasteiger partial charge in [0.2, 0.25) is 0 Å². The molecule has 2 aromatic carbocycles. The summed E-state index contributed by atoms with van der Waals surface area (Å²) in [5, 5.41) is 0. The number of carbonyl (C=O) groups is 1. The molecule has 2 saturated heterocycles. The van der Waals surface area contributed by atoms with Crippen LogP contribution in [0.2, 0.25) is 0 Å². The molecule has 2 aliphatic rings. The van der Waals surface area contributed by atoms with Crippen molar-refractivity contribution in [1.82, 2.24) is 0 Å². The second kappa shape index (κ2) is 13.8. The van der Waals surface area contributed by atoms with Crippen molar-refractivity contribution in [3.63, 3.8) is 0 Å². The Hall–Kier alpha value is -2.55. The number of ether oxygens (including phenoxy) is 6. The quantitative estimate of drug-likeness (QED) is 0.330. The maximum atomic E-state index is 12.4. The van der Waals surface area contributed by atoms with E-state index in [9.17, 15) is 4.79 Å². The third-order valence-electron chi connectivity index (χ3n) is 6.81. The van der Waals surface area contributed by atoms with Crippen LogP contribution >= 0.6 is 0 Å². The Labute approximate surface area is 219 Å². The summed E-state index contributed by atoms with van der Waals surface area (Å²) < 4.78 is 36.9. The zero-order valence-electron chi connectivity index (χ0n) is 21.8. The van der Waals surface area contributed by atoms with Crippen LogP contribution in [0.25, 0.3) is 0 Å². The number of carbonyl (C=O) groups excluding carboxylic acids is 1. The third kappa shape index (κ3) is 7.49. The number of methoxy groups -OCH3 is 1. The topological polar surface area (TPSA) is 72.5 Å². The Balaban J connectivity index is 1.60. The molecule has 0 saturated carbocycles. The molecule has 2 aliphatic heterocycles. The molecule has 0 amide bonds. The van der Waals surface area contributed by atoms with E-state index in [2.05, 4.69) is 6.58 Å². The van der Waals surface area contributed by atoms with Gasteiger partial charge in [-0.1, -0.05) is 67.2 Å². The molecule has 2 aromatic rings. The number of esters is 1. The van der Waals surface area contributed by atoms with E-state index in [4.69, 9.17) is 28.4 Å². The smallest absolute Gasteiger partial charge is 0.308 e. The molecule has 6 atom stereocenters. The van der Waals surface area contributed by atoms with Crippen LogP contribution in [0, 0.1) is 0 Å². The first kappa shape index (κ1) is 27.5. The highest BCUT2D eigenvalue weighted by atomic mass is 16.7. The van der Waals surface area contributed by atoms with Crippen molar-refractivity contribution in [2.45, 2.75) is 82.6 Å². The largest absolute Gasteiger partial charge is 0.466 e. The SMILES string of the molecule is C=C1CCC[C@H]2O[C@H](OC)[C@H](OCc3ccccc3)[C@@H](OCc3ccccc3)[C@@H]2O[C@@H]1CC(=O)OCC. The van der Waals surface area contributed by atoms with Crippen LogP contribution in [0.5, 0.6) is 0 Å². The molecule has 7 heteroatoms. The second-order valence-electron chi connectivity index (χ2n) is 9.45. The maximum absolute atomic E-state index is 12.4. The average molecular weight is 511 g/mol. The van der Waals surface area contributed by atoms with Gasteiger partial charge in [-0.15, -0.1) is 0 Å². The summed E-state index contributed by atoms with van der Waals surface area (Å²) in [7, 11) is 1.62. The van der Waals surface area contributed by atoms with Crippen LogP contribution in [0.15, 0.2) is 72.8 Å². The summed E-state index contributed by atoms with van der Waals surface area (Å²) in [4.78, 5) is 12.4. The zero-order chi connectivity index (χ0) is 26.0. The predicted molar refractivity (Wildman–Crippen MR) is 139 cm³/mol. The van der Waals surface area contributed by atoms with Crippen molar-refractivity contribution in [3.05, 3.63) is 83.9 Å². The van der Waals surface area contributed by atoms with Gasteiger partial charge >= 0.3 is 5.97 Å². The summed E-state index contributed by atoms with van der Waals surface area (Å²) in [6.07, 6.45) is -0.455. The van der Waals surface area contributed by atoms with Gasteiger partial charge in [-0.3, -0.25) is 4.79 Å². The van der Waals surface area contributed by atoms with Crippen molar-refractivity contribution in [1.29, 1.82) is 0 Å². The molecule has 2 heterocycles. The van der Waals surface area contributed by atoms with Crippen LogP contribution in [0.4, 0.5) is 0 Å². The normalized spacial score (nSPS) is 28.1. The number of hydrogen-bond donors (Lipinski definition) is 0. The molecule has 7 nitrogen and oxygen atoms in total. The van der Waals surface area contributed by atoms with Crippen molar-refractivity contribution < 1.29 is 33.2 Å². The molecule has 0 bridgehead atoms. The van der Waals surface area contributed by atoms with Gasteiger partial charge in [-0.25, -0.2) is 0 Å². The lowest BCUT2D eigenvalue weighted by Gasteiger charge is -2.47. The van der Waals surface area contributed by atoms with E-state index in [0.29, 0.717) is 19.8 Å². The summed E-state index contributed by atoms with van der Waals surface area (Å²) in [5.41, 5.74) is 2.96. The van der Waals surface area contributed by atoms with Crippen molar-refractivity contribution in [2.75, 3.05) is 13.7 Å². The highest BCUT2D eigenvalue weighted by molar-refractivity contribution is 5.70. The lowest BCUT2D eigenvalue weighted by Crippen LogP contribution is -2.61. The fourth-order valence-electron chi connectivity index (χ4n) is 4.90. The molecular formula is C30H38O7. The van der Waals surface area contributed by atoms with Crippen LogP contribution < -0.4 is 0 Å². The molecule has 0 unspecified atom stereocenters. The fraction of sp³-hybridized carbons (Fsp3) is 0.500. The van der Waals surface area contributed by atoms with Gasteiger partial charge in [0.15, 0.2) is 6.29 Å². The van der Waals surface area contributed by atoms with Crippen LogP contribution in [-0.2, 0) is 46.4 Å². The van der Waals surface area contributed by atoms with E-state index in [1.807, 2.05) is 60.7 Å². The number of rotatable bonds is 10. The van der Waals surface area contributed by atoms with E-state index in [-0.39, 0.29) is 18.5 Å². The van der Waals surface area contributed by atoms with E-state index >= 15 is 0 Å². The second-order valence-corrected chi connectivity index (χ2v) is 9.45. The molecule has 2 fully saturated rings. The van der Waals surface area contributed by atoms with E-state index in [1.165, 1.54) is 0 Å². The monoisotopic (exact) mass is 510 g/mol. The number of benzene rings is 2. The predicted octanol–water partition coefficient (Wildman–Crippen LogP) is 4.98. The molecule has 200 valence electrons. The first-order valence-corrected chi connectivity index (χ1v) is 13.1. The highest BCUT2D eigenvalue weighted by Crippen LogP contribution is 2.36. The first-order chi connectivity index (χ1) is 18.1. The van der Waals surface area contributed by atoms with Gasteiger partial charge in [0.1, 0.15) is 18.3 Å². The maximum Gasteiger partial charge on any atom is 0.308 e. The molecule has 0 aliphatic carbocycles. The molecule has 0 spiro atoms. The van der Waals surface area contributed by atoms with Gasteiger partial charge in [0, 0.05) is 7.11 Å². The van der Waals surface area contributed by atoms with Gasteiger partial charge in [-0.05, 0) is 42.9 Å². The summed E-state index contributed by atoms with van der Waals surface area (Å²) in [5.74, 6) is -0.309. The minimum atomic E-state index is -0.625. The molecule has 0 N–H and O–H groups in total. The summed E-state index contributed by atoms with van der Waals surface area (Å²) in [6.45, 7) is 7.09. The first-order valence-electron chi connectivity index (χ1n) is 13.1. The third-order valence-corrected chi connectivity index (χ3v) is 6.81. The molecule has 0 radical (unpaired) electrons. The minimum Gasteiger partial charge on any atom is -0.466 e. The van der Waals surface area contributed by atoms with E-state index < -0.39 is 30.7 Å². The Morgan fingerprint density at radius 1 is 0.946 bits per heavy atom. The van der Waals surface area contributed by atoms with Crippen LogP contribution in [-0.4, -0.2) is 56.5 Å². The Kier molecular flexibility index (Phi) is 10.3. The van der Waals surface area contributed by atoms with Gasteiger partial charge in [0.05, 0.1) is 38.4 Å². The van der Waals surface area contributed by atoms with Crippen molar-refractivity contribution in [3.8, 4) is 0 Å². The molecule has 0 aromatic heterocycles. The van der Waals surface area contributed by atoms with Crippen LogP contribution in [0.1, 0.15) is 43.7 Å². The lowest BCUT2D eigenvalue weighted by atomic mass is 9.90. The Morgan fingerprint density at radius 3 is 2.16 bits per heavy atom. The van der Waals surface area contributed by atoms with Crippen LogP contribution in [0.3, 0.4) is 0 Å². The average Bonchev–Trinajstić information content (AvgIpc) is 2.91. The van der Waals surface area contributed by atoms with Crippen molar-refractivity contribution in [2.24, 2.45) is 0 Å². The summed E-state index contributed by atoms with van der Waals surface area (Å²) in [6, 6.07) is 19.9. The highest BCUT2D eigenvalue weighted by Gasteiger charge is 2.50. The van der Waals surface area contributed by atoms with Gasteiger partial charge < -0.3 is 28.4 Å². The fourth-order valence-corrected chi connectivity index (χ4v) is 4.90. The lowest BCUT2D eigenvalue weighted by molar-refractivity contribution is -0.321. The molecule has 37 heavy (non-hydrogen) atoms.